The standard InChI is InChI=1S/C17H21FN2O3/c1-3-12(9-18)11-23-14-4-5-15-13(8-14)6-7-20(17(15)22)10-16(21)19-2/h4-5,8-9H,3,6-7,10-11H2,1-2H3,(H,19,21)/b12-9+. The molecule has 6 heteroatoms. The van der Waals surface area contributed by atoms with Gasteiger partial charge in [0.2, 0.25) is 5.91 Å². The number of amides is 2. The minimum Gasteiger partial charge on any atom is -0.489 e. The van der Waals surface area contributed by atoms with E-state index in [2.05, 4.69) is 5.32 Å². The van der Waals surface area contributed by atoms with E-state index in [1.54, 1.807) is 19.2 Å². The van der Waals surface area contributed by atoms with Crippen molar-refractivity contribution in [3.05, 3.63) is 41.2 Å². The Morgan fingerprint density at radius 1 is 1.48 bits per heavy atom. The van der Waals surface area contributed by atoms with E-state index in [4.69, 9.17) is 4.74 Å². The second-order valence-corrected chi connectivity index (χ2v) is 5.38. The molecule has 23 heavy (non-hydrogen) atoms. The summed E-state index contributed by atoms with van der Waals surface area (Å²) >= 11 is 0. The van der Waals surface area contributed by atoms with Gasteiger partial charge in [-0.05, 0) is 42.2 Å². The fourth-order valence-corrected chi connectivity index (χ4v) is 2.39. The fourth-order valence-electron chi connectivity index (χ4n) is 2.39. The number of nitrogens with one attached hydrogen (secondary N) is 1. The predicted octanol–water partition coefficient (Wildman–Crippen LogP) is 2.07. The van der Waals surface area contributed by atoms with Crippen molar-refractivity contribution in [2.75, 3.05) is 26.7 Å². The average Bonchev–Trinajstić information content (AvgIpc) is 2.58. The maximum absolute atomic E-state index is 12.5. The third-order valence-corrected chi connectivity index (χ3v) is 3.89. The Morgan fingerprint density at radius 2 is 2.26 bits per heavy atom. The molecule has 0 aliphatic carbocycles. The maximum atomic E-state index is 12.5. The first-order valence-electron chi connectivity index (χ1n) is 7.62. The molecule has 0 saturated heterocycles. The van der Waals surface area contributed by atoms with Crippen LogP contribution in [-0.2, 0) is 11.2 Å². The van der Waals surface area contributed by atoms with Gasteiger partial charge >= 0.3 is 0 Å². The molecule has 5 nitrogen and oxygen atoms in total. The number of hydrogen-bond donors (Lipinski definition) is 1. The molecule has 1 heterocycles. The maximum Gasteiger partial charge on any atom is 0.254 e. The number of benzene rings is 1. The summed E-state index contributed by atoms with van der Waals surface area (Å²) in [6.45, 7) is 2.62. The van der Waals surface area contributed by atoms with Crippen molar-refractivity contribution < 1.29 is 18.7 Å². The molecule has 1 aliphatic heterocycles. The molecule has 1 N–H and O–H groups in total. The van der Waals surface area contributed by atoms with Crippen LogP contribution in [0.5, 0.6) is 5.75 Å². The first-order valence-corrected chi connectivity index (χ1v) is 7.62. The molecule has 124 valence electrons. The van der Waals surface area contributed by atoms with E-state index in [0.29, 0.717) is 42.6 Å². The molecule has 0 spiro atoms. The number of carbonyl (C=O) groups excluding carboxylic acids is 2. The van der Waals surface area contributed by atoms with E-state index in [9.17, 15) is 14.0 Å². The normalized spacial score (nSPS) is 14.5. The summed E-state index contributed by atoms with van der Waals surface area (Å²) in [5, 5.41) is 2.52. The zero-order valence-corrected chi connectivity index (χ0v) is 13.4. The third kappa shape index (κ3) is 4.09. The number of halogens is 1. The van der Waals surface area contributed by atoms with Crippen LogP contribution < -0.4 is 10.1 Å². The summed E-state index contributed by atoms with van der Waals surface area (Å²) in [5.74, 6) is 0.273. The Balaban J connectivity index is 2.08. The van der Waals surface area contributed by atoms with Crippen LogP contribution in [0.25, 0.3) is 0 Å². The highest BCUT2D eigenvalue weighted by atomic mass is 19.1. The van der Waals surface area contributed by atoms with Crippen molar-refractivity contribution in [3.8, 4) is 5.75 Å². The monoisotopic (exact) mass is 320 g/mol. The number of hydrogen-bond acceptors (Lipinski definition) is 3. The Hall–Kier alpha value is -2.37. The van der Waals surface area contributed by atoms with Crippen molar-refractivity contribution in [2.24, 2.45) is 0 Å². The Kier molecular flexibility index (Phi) is 5.73. The minimum absolute atomic E-state index is 0.0637. The van der Waals surface area contributed by atoms with Crippen LogP contribution in [-0.4, -0.2) is 43.5 Å². The zero-order chi connectivity index (χ0) is 16.8. The van der Waals surface area contributed by atoms with Crippen molar-refractivity contribution in [1.82, 2.24) is 10.2 Å². The van der Waals surface area contributed by atoms with E-state index >= 15 is 0 Å². The summed E-state index contributed by atoms with van der Waals surface area (Å²) in [5.41, 5.74) is 2.06. The lowest BCUT2D eigenvalue weighted by atomic mass is 9.98. The van der Waals surface area contributed by atoms with Crippen LogP contribution in [0.4, 0.5) is 4.39 Å². The summed E-state index contributed by atoms with van der Waals surface area (Å²) in [6, 6.07) is 5.22. The van der Waals surface area contributed by atoms with Gasteiger partial charge in [0.15, 0.2) is 0 Å². The van der Waals surface area contributed by atoms with Gasteiger partial charge in [0.05, 0.1) is 12.9 Å². The van der Waals surface area contributed by atoms with Gasteiger partial charge in [0.25, 0.3) is 5.91 Å². The van der Waals surface area contributed by atoms with Crippen LogP contribution >= 0.6 is 0 Å². The summed E-state index contributed by atoms with van der Waals surface area (Å²) in [4.78, 5) is 25.4. The van der Waals surface area contributed by atoms with Crippen LogP contribution in [0.3, 0.4) is 0 Å². The molecule has 2 rings (SSSR count). The second-order valence-electron chi connectivity index (χ2n) is 5.38. The number of ether oxygens (including phenoxy) is 1. The summed E-state index contributed by atoms with van der Waals surface area (Å²) in [7, 11) is 1.55. The fraction of sp³-hybridized carbons (Fsp3) is 0.412. The number of nitrogens with zero attached hydrogens (tertiary/aromatic N) is 1. The predicted molar refractivity (Wildman–Crippen MR) is 85.1 cm³/mol. The molecular formula is C17H21FN2O3. The third-order valence-electron chi connectivity index (χ3n) is 3.89. The highest BCUT2D eigenvalue weighted by Gasteiger charge is 2.25. The molecule has 0 bridgehead atoms. The van der Waals surface area contributed by atoms with Gasteiger partial charge in [-0.1, -0.05) is 6.92 Å². The van der Waals surface area contributed by atoms with Crippen LogP contribution in [0.15, 0.2) is 30.1 Å². The molecule has 0 radical (unpaired) electrons. The minimum atomic E-state index is -0.188. The molecule has 0 unspecified atom stereocenters. The molecule has 0 atom stereocenters. The molecular weight excluding hydrogens is 299 g/mol. The largest absolute Gasteiger partial charge is 0.489 e. The first kappa shape index (κ1) is 17.0. The quantitative estimate of drug-likeness (QED) is 0.873. The lowest BCUT2D eigenvalue weighted by molar-refractivity contribution is -0.121. The van der Waals surface area contributed by atoms with Gasteiger partial charge in [0, 0.05) is 19.2 Å². The van der Waals surface area contributed by atoms with Gasteiger partial charge in [-0.2, -0.15) is 0 Å². The molecule has 1 aromatic carbocycles. The highest BCUT2D eigenvalue weighted by Crippen LogP contribution is 2.24. The van der Waals surface area contributed by atoms with Gasteiger partial charge in [-0.15, -0.1) is 0 Å². The lowest BCUT2D eigenvalue weighted by Crippen LogP contribution is -2.43. The molecule has 1 aliphatic rings. The number of carbonyl (C=O) groups is 2. The van der Waals surface area contributed by atoms with Crippen LogP contribution in [0, 0.1) is 0 Å². The number of likely N-dealkylation sites (N-methyl/N-ethyl adjacent to an activating group) is 1. The van der Waals surface area contributed by atoms with E-state index in [-0.39, 0.29) is 25.0 Å². The van der Waals surface area contributed by atoms with Gasteiger partial charge < -0.3 is 15.0 Å². The Morgan fingerprint density at radius 3 is 2.91 bits per heavy atom. The lowest BCUT2D eigenvalue weighted by Gasteiger charge is -2.28. The number of rotatable bonds is 6. The Bertz CT molecular complexity index is 628. The summed E-state index contributed by atoms with van der Waals surface area (Å²) < 4.78 is 18.1. The Labute approximate surface area is 135 Å². The van der Waals surface area contributed by atoms with Crippen LogP contribution in [0.1, 0.15) is 29.3 Å². The van der Waals surface area contributed by atoms with E-state index < -0.39 is 0 Å². The van der Waals surface area contributed by atoms with E-state index in [0.717, 1.165) is 5.56 Å². The summed E-state index contributed by atoms with van der Waals surface area (Å²) in [6.07, 6.45) is 1.82. The SMILES string of the molecule is CC/C(=C\F)COc1ccc2c(c1)CCN(CC(=O)NC)C2=O. The number of fused-ring (bicyclic) bond motifs is 1. The second kappa shape index (κ2) is 7.76. The smallest absolute Gasteiger partial charge is 0.254 e. The topological polar surface area (TPSA) is 58.6 Å². The van der Waals surface area contributed by atoms with Crippen molar-refractivity contribution in [2.45, 2.75) is 19.8 Å². The molecule has 2 amide bonds. The first-order chi connectivity index (χ1) is 11.1. The van der Waals surface area contributed by atoms with Crippen molar-refractivity contribution in [1.29, 1.82) is 0 Å². The van der Waals surface area contributed by atoms with E-state index in [1.165, 1.54) is 4.90 Å². The van der Waals surface area contributed by atoms with E-state index in [1.807, 2.05) is 13.0 Å². The average molecular weight is 320 g/mol. The van der Waals surface area contributed by atoms with Crippen molar-refractivity contribution in [3.63, 3.8) is 0 Å². The molecule has 1 aromatic rings. The van der Waals surface area contributed by atoms with Crippen LogP contribution in [0.2, 0.25) is 0 Å². The zero-order valence-electron chi connectivity index (χ0n) is 13.4. The molecule has 0 saturated carbocycles. The van der Waals surface area contributed by atoms with Gasteiger partial charge in [0.1, 0.15) is 12.4 Å². The van der Waals surface area contributed by atoms with Gasteiger partial charge in [-0.25, -0.2) is 4.39 Å². The molecule has 0 aromatic heterocycles. The highest BCUT2D eigenvalue weighted by molar-refractivity contribution is 5.98. The van der Waals surface area contributed by atoms with Gasteiger partial charge in [-0.3, -0.25) is 9.59 Å². The molecule has 0 fully saturated rings. The van der Waals surface area contributed by atoms with Crippen molar-refractivity contribution >= 4 is 11.8 Å².